The Morgan fingerprint density at radius 3 is 1.57 bits per heavy atom. The number of benzene rings is 9. The topological polar surface area (TPSA) is 53.5 Å². The van der Waals surface area contributed by atoms with Crippen molar-refractivity contribution in [3.05, 3.63) is 248 Å². The Morgan fingerprint density at radius 2 is 0.882 bits per heavy atom. The lowest BCUT2D eigenvalue weighted by molar-refractivity contribution is 0.875. The monoisotopic (exact) mass is 974 g/mol. The zero-order valence-corrected chi connectivity index (χ0v) is 41.8. The number of rotatable bonds is 8. The lowest BCUT2D eigenvalue weighted by atomic mass is 9.97. The molecule has 6 heteroatoms. The fraction of sp³-hybridized carbons (Fsp3) is 0.0714. The molecule has 0 aliphatic heterocycles. The van der Waals surface area contributed by atoms with E-state index in [-0.39, 0.29) is 0 Å². The SMILES string of the molecule is C1=CC(n2c3ccccc3c3cc(-c4ccc5c(c4)c4c(n5-c5cccc(-c6ccc(-c7nc(-c8ccccc8)nc(-c8ccccc8)n7)cc6-n6c7ccccc7c7ccccc76)c5)C=CCC4)ccc32)=CCCC1. The van der Waals surface area contributed by atoms with E-state index in [1.54, 1.807) is 0 Å². The van der Waals surface area contributed by atoms with Gasteiger partial charge in [0.1, 0.15) is 0 Å². The van der Waals surface area contributed by atoms with Gasteiger partial charge in [0.2, 0.25) is 0 Å². The van der Waals surface area contributed by atoms with Gasteiger partial charge in [-0.3, -0.25) is 0 Å². The van der Waals surface area contributed by atoms with Gasteiger partial charge < -0.3 is 13.7 Å². The van der Waals surface area contributed by atoms with Crippen LogP contribution in [0.4, 0.5) is 0 Å². The molecule has 0 bridgehead atoms. The maximum atomic E-state index is 5.19. The van der Waals surface area contributed by atoms with Crippen molar-refractivity contribution in [2.75, 3.05) is 0 Å². The van der Waals surface area contributed by atoms with Gasteiger partial charge in [0, 0.05) is 66.3 Å². The van der Waals surface area contributed by atoms with Crippen LogP contribution in [0, 0.1) is 0 Å². The molecule has 0 amide bonds. The van der Waals surface area contributed by atoms with Gasteiger partial charge in [0.05, 0.1) is 33.3 Å². The Balaban J connectivity index is 0.888. The molecule has 76 heavy (non-hydrogen) atoms. The molecule has 0 N–H and O–H groups in total. The van der Waals surface area contributed by atoms with Gasteiger partial charge in [-0.15, -0.1) is 0 Å². The second-order valence-electron chi connectivity index (χ2n) is 20.1. The molecule has 0 unspecified atom stereocenters. The summed E-state index contributed by atoms with van der Waals surface area (Å²) in [4.78, 5) is 15.4. The highest BCUT2D eigenvalue weighted by Crippen LogP contribution is 2.42. The van der Waals surface area contributed by atoms with Crippen LogP contribution < -0.4 is 0 Å². The first-order valence-electron chi connectivity index (χ1n) is 26.6. The molecule has 2 aliphatic rings. The molecule has 2 aliphatic carbocycles. The Morgan fingerprint density at radius 1 is 0.342 bits per heavy atom. The van der Waals surface area contributed by atoms with Crippen molar-refractivity contribution >= 4 is 66.3 Å². The number of aromatic nitrogens is 6. The highest BCUT2D eigenvalue weighted by molar-refractivity contribution is 6.12. The lowest BCUT2D eigenvalue weighted by Gasteiger charge is -2.18. The average Bonchev–Trinajstić information content (AvgIpc) is 4.10. The molecule has 360 valence electrons. The second-order valence-corrected chi connectivity index (χ2v) is 20.1. The lowest BCUT2D eigenvalue weighted by Crippen LogP contribution is -2.03. The second kappa shape index (κ2) is 18.1. The van der Waals surface area contributed by atoms with Crippen molar-refractivity contribution in [1.82, 2.24) is 28.7 Å². The number of aryl methyl sites for hydroxylation is 1. The van der Waals surface area contributed by atoms with Crippen LogP contribution in [0.5, 0.6) is 0 Å². The highest BCUT2D eigenvalue weighted by atomic mass is 15.0. The van der Waals surface area contributed by atoms with Gasteiger partial charge in [-0.2, -0.15) is 0 Å². The van der Waals surface area contributed by atoms with E-state index in [0.717, 1.165) is 75.9 Å². The minimum absolute atomic E-state index is 0.614. The Hall–Kier alpha value is -9.65. The van der Waals surface area contributed by atoms with Gasteiger partial charge in [0.25, 0.3) is 0 Å². The van der Waals surface area contributed by atoms with E-state index >= 15 is 0 Å². The molecule has 4 aromatic heterocycles. The third-order valence-electron chi connectivity index (χ3n) is 15.6. The molecule has 0 fully saturated rings. The zero-order chi connectivity index (χ0) is 50.1. The Labute approximate surface area is 440 Å². The minimum Gasteiger partial charge on any atom is -0.310 e. The van der Waals surface area contributed by atoms with Gasteiger partial charge in [-0.25, -0.2) is 15.0 Å². The van der Waals surface area contributed by atoms with Crippen LogP contribution in [0.25, 0.3) is 134 Å². The molecule has 0 saturated carbocycles. The average molecular weight is 975 g/mol. The van der Waals surface area contributed by atoms with Crippen molar-refractivity contribution in [2.45, 2.75) is 32.1 Å². The van der Waals surface area contributed by atoms with E-state index in [1.807, 2.05) is 36.4 Å². The predicted molar refractivity (Wildman–Crippen MR) is 316 cm³/mol. The minimum atomic E-state index is 0.614. The molecule has 0 spiro atoms. The molecule has 6 nitrogen and oxygen atoms in total. The summed E-state index contributed by atoms with van der Waals surface area (Å²) >= 11 is 0. The summed E-state index contributed by atoms with van der Waals surface area (Å²) in [5.74, 6) is 1.88. The number of hydrogen-bond donors (Lipinski definition) is 0. The van der Waals surface area contributed by atoms with Crippen molar-refractivity contribution in [3.63, 3.8) is 0 Å². The summed E-state index contributed by atoms with van der Waals surface area (Å²) in [5.41, 5.74) is 19.5. The first kappa shape index (κ1) is 43.9. The number of nitrogens with zero attached hydrogens (tertiary/aromatic N) is 6. The molecule has 13 aromatic rings. The summed E-state index contributed by atoms with van der Waals surface area (Å²) in [7, 11) is 0. The van der Waals surface area contributed by atoms with E-state index in [9.17, 15) is 0 Å². The van der Waals surface area contributed by atoms with Gasteiger partial charge in [-0.05, 0) is 127 Å². The molecular formula is C70H50N6. The largest absolute Gasteiger partial charge is 0.310 e. The van der Waals surface area contributed by atoms with Crippen LogP contribution in [0.1, 0.15) is 36.9 Å². The summed E-state index contributed by atoms with van der Waals surface area (Å²) < 4.78 is 7.36. The van der Waals surface area contributed by atoms with Crippen LogP contribution in [-0.2, 0) is 6.42 Å². The van der Waals surface area contributed by atoms with Crippen LogP contribution in [-0.4, -0.2) is 28.7 Å². The molecule has 0 atom stereocenters. The normalized spacial score (nSPS) is 13.5. The maximum Gasteiger partial charge on any atom is 0.164 e. The fourth-order valence-electron chi connectivity index (χ4n) is 12.1. The smallest absolute Gasteiger partial charge is 0.164 e. The van der Waals surface area contributed by atoms with Gasteiger partial charge >= 0.3 is 0 Å². The Bertz CT molecular complexity index is 4430. The number of allylic oxidation sites excluding steroid dienone is 5. The third-order valence-corrected chi connectivity index (χ3v) is 15.6. The van der Waals surface area contributed by atoms with E-state index in [1.165, 1.54) is 78.0 Å². The first-order chi connectivity index (χ1) is 37.7. The van der Waals surface area contributed by atoms with Crippen molar-refractivity contribution < 1.29 is 0 Å². The van der Waals surface area contributed by atoms with Crippen LogP contribution in [0.2, 0.25) is 0 Å². The Kier molecular flexibility index (Phi) is 10.4. The van der Waals surface area contributed by atoms with Crippen LogP contribution >= 0.6 is 0 Å². The fourth-order valence-corrected chi connectivity index (χ4v) is 12.1. The standard InChI is InChI=1S/C70H50N6/c1-2-10-26-52(25-9-1)74-61-32-15-13-30-57(61)59-43-48(37-40-65(59)74)49-38-41-66-60(44-49)58-31-14-16-33-62(58)75(66)53-27-19-24-50(42-53)54-39-36-51(45-67(54)76-63-34-17-11-28-55(63)56-29-12-18-35-64(56)76)70-72-68(46-20-5-3-6-21-46)71-69(73-70)47-22-7-4-8-23-47/h3-9,11-13,15-30,32-45H,1-2,10,14,31H2. The quantitative estimate of drug-likeness (QED) is 0.152. The van der Waals surface area contributed by atoms with E-state index in [2.05, 4.69) is 220 Å². The number of hydrogen-bond acceptors (Lipinski definition) is 3. The van der Waals surface area contributed by atoms with Crippen LogP contribution in [0.15, 0.2) is 237 Å². The molecule has 4 heterocycles. The highest BCUT2D eigenvalue weighted by Gasteiger charge is 2.23. The molecule has 15 rings (SSSR count). The van der Waals surface area contributed by atoms with E-state index < -0.39 is 0 Å². The van der Waals surface area contributed by atoms with Gasteiger partial charge in [-0.1, -0.05) is 170 Å². The van der Waals surface area contributed by atoms with E-state index in [4.69, 9.17) is 15.0 Å². The maximum absolute atomic E-state index is 5.19. The van der Waals surface area contributed by atoms with Crippen LogP contribution in [0.3, 0.4) is 0 Å². The van der Waals surface area contributed by atoms with Gasteiger partial charge in [0.15, 0.2) is 17.5 Å². The van der Waals surface area contributed by atoms with E-state index in [0.29, 0.717) is 17.5 Å². The summed E-state index contributed by atoms with van der Waals surface area (Å²) in [6, 6.07) is 76.7. The number of para-hydroxylation sites is 3. The van der Waals surface area contributed by atoms with Crippen molar-refractivity contribution in [3.8, 4) is 67.8 Å². The molecule has 0 radical (unpaired) electrons. The number of fused-ring (bicyclic) bond motifs is 9. The predicted octanol–water partition coefficient (Wildman–Crippen LogP) is 17.9. The summed E-state index contributed by atoms with van der Waals surface area (Å²) in [6.07, 6.45) is 17.1. The summed E-state index contributed by atoms with van der Waals surface area (Å²) in [6.45, 7) is 0. The third kappa shape index (κ3) is 7.28. The zero-order valence-electron chi connectivity index (χ0n) is 41.8. The van der Waals surface area contributed by atoms with Crippen molar-refractivity contribution in [2.24, 2.45) is 0 Å². The molecule has 0 saturated heterocycles. The van der Waals surface area contributed by atoms with Crippen molar-refractivity contribution in [1.29, 1.82) is 0 Å². The molecule has 9 aromatic carbocycles. The first-order valence-corrected chi connectivity index (χ1v) is 26.6. The summed E-state index contributed by atoms with van der Waals surface area (Å²) in [5, 5.41) is 6.27. The molecular weight excluding hydrogens is 925 g/mol.